The summed E-state index contributed by atoms with van der Waals surface area (Å²) in [5.41, 5.74) is 10.7. The van der Waals surface area contributed by atoms with E-state index >= 15 is 0 Å². The Kier molecular flexibility index (Phi) is 3.92. The fraction of sp³-hybridized carbons (Fsp3) is 0.0909. The van der Waals surface area contributed by atoms with Gasteiger partial charge in [0.15, 0.2) is 0 Å². The van der Waals surface area contributed by atoms with Crippen molar-refractivity contribution >= 4 is 56.3 Å². The van der Waals surface area contributed by atoms with E-state index < -0.39 is 0 Å². The Bertz CT molecular complexity index is 1220. The first-order valence-corrected chi connectivity index (χ1v) is 10.5. The van der Waals surface area contributed by atoms with Crippen molar-refractivity contribution in [2.45, 2.75) is 23.6 Å². The number of nitrogens with two attached hydrogens (primary N) is 1. The van der Waals surface area contributed by atoms with Crippen molar-refractivity contribution in [2.24, 2.45) is 0 Å². The van der Waals surface area contributed by atoms with Gasteiger partial charge in [-0.1, -0.05) is 36.0 Å². The van der Waals surface area contributed by atoms with Crippen molar-refractivity contribution < 1.29 is 4.79 Å². The number of carbonyl (C=O) groups excluding carboxylic acids is 1. The Morgan fingerprint density at radius 1 is 1.00 bits per heavy atom. The topological polar surface area (TPSA) is 59.2 Å². The van der Waals surface area contributed by atoms with Gasteiger partial charge in [0.2, 0.25) is 0 Å². The van der Waals surface area contributed by atoms with Crippen LogP contribution in [-0.2, 0) is 0 Å². The summed E-state index contributed by atoms with van der Waals surface area (Å²) in [4.78, 5) is 23.6. The number of amides is 1. The maximum absolute atomic E-state index is 13.7. The van der Waals surface area contributed by atoms with E-state index in [2.05, 4.69) is 4.98 Å². The summed E-state index contributed by atoms with van der Waals surface area (Å²) in [7, 11) is 0. The number of nitrogens with zero attached hydrogens (tertiary/aromatic N) is 2. The van der Waals surface area contributed by atoms with E-state index in [1.165, 1.54) is 11.3 Å². The summed E-state index contributed by atoms with van der Waals surface area (Å²) in [6.45, 7) is 3.97. The van der Waals surface area contributed by atoms with Gasteiger partial charge < -0.3 is 5.73 Å². The molecule has 5 rings (SSSR count). The molecule has 0 radical (unpaired) electrons. The lowest BCUT2D eigenvalue weighted by atomic mass is 10.1. The standard InChI is InChI=1S/C22H17N3OS2/c1-12-11-13(2)24-21-18(12)19(23)20(28-21)22(26)25-14-7-3-5-9-16(14)27-17-10-6-4-8-15(17)25/h3-11H,23H2,1-2H3. The summed E-state index contributed by atoms with van der Waals surface area (Å²) < 4.78 is 0. The number of fused-ring (bicyclic) bond motifs is 3. The number of rotatable bonds is 1. The van der Waals surface area contributed by atoms with E-state index in [-0.39, 0.29) is 5.91 Å². The zero-order valence-electron chi connectivity index (χ0n) is 15.4. The Hall–Kier alpha value is -2.83. The van der Waals surface area contributed by atoms with Crippen LogP contribution in [0.4, 0.5) is 17.1 Å². The highest BCUT2D eigenvalue weighted by Crippen LogP contribution is 2.49. The van der Waals surface area contributed by atoms with Gasteiger partial charge in [0.05, 0.1) is 17.1 Å². The van der Waals surface area contributed by atoms with Crippen molar-refractivity contribution in [3.63, 3.8) is 0 Å². The second kappa shape index (κ2) is 6.36. The predicted molar refractivity (Wildman–Crippen MR) is 117 cm³/mol. The van der Waals surface area contributed by atoms with Crippen molar-refractivity contribution in [3.05, 3.63) is 70.7 Å². The van der Waals surface area contributed by atoms with E-state index in [0.717, 1.165) is 42.6 Å². The molecule has 0 bridgehead atoms. The number of thiophene rings is 1. The Morgan fingerprint density at radius 3 is 2.25 bits per heavy atom. The second-order valence-electron chi connectivity index (χ2n) is 6.78. The van der Waals surface area contributed by atoms with Gasteiger partial charge in [-0.05, 0) is 49.7 Å². The van der Waals surface area contributed by atoms with E-state index in [4.69, 9.17) is 5.73 Å². The third-order valence-electron chi connectivity index (χ3n) is 4.85. The first-order chi connectivity index (χ1) is 13.5. The van der Waals surface area contributed by atoms with Gasteiger partial charge in [0.1, 0.15) is 9.71 Å². The molecule has 28 heavy (non-hydrogen) atoms. The molecule has 2 aromatic heterocycles. The zero-order valence-corrected chi connectivity index (χ0v) is 17.0. The molecule has 0 saturated carbocycles. The third-order valence-corrected chi connectivity index (χ3v) is 7.07. The lowest BCUT2D eigenvalue weighted by Crippen LogP contribution is -2.28. The average molecular weight is 404 g/mol. The van der Waals surface area contributed by atoms with Crippen molar-refractivity contribution in [2.75, 3.05) is 10.6 Å². The van der Waals surface area contributed by atoms with Crippen LogP contribution in [0.15, 0.2) is 64.4 Å². The molecule has 1 aliphatic heterocycles. The summed E-state index contributed by atoms with van der Waals surface area (Å²) in [6, 6.07) is 17.9. The van der Waals surface area contributed by atoms with Gasteiger partial charge in [0.25, 0.3) is 5.91 Å². The molecule has 2 N–H and O–H groups in total. The molecule has 6 heteroatoms. The maximum Gasteiger partial charge on any atom is 0.275 e. The fourth-order valence-electron chi connectivity index (χ4n) is 3.65. The first kappa shape index (κ1) is 17.3. The molecule has 0 atom stereocenters. The molecule has 0 saturated heterocycles. The minimum atomic E-state index is -0.113. The van der Waals surface area contributed by atoms with Gasteiger partial charge in [-0.2, -0.15) is 0 Å². The van der Waals surface area contributed by atoms with Gasteiger partial charge in [-0.15, -0.1) is 11.3 Å². The van der Waals surface area contributed by atoms with Crippen LogP contribution in [-0.4, -0.2) is 10.9 Å². The number of carbonyl (C=O) groups is 1. The summed E-state index contributed by atoms with van der Waals surface area (Å²) in [5, 5.41) is 0.881. The number of para-hydroxylation sites is 2. The number of aromatic nitrogens is 1. The quantitative estimate of drug-likeness (QED) is 0.427. The second-order valence-corrected chi connectivity index (χ2v) is 8.87. The van der Waals surface area contributed by atoms with Crippen LogP contribution in [0.5, 0.6) is 0 Å². The van der Waals surface area contributed by atoms with Crippen LogP contribution in [0, 0.1) is 13.8 Å². The predicted octanol–water partition coefficient (Wildman–Crippen LogP) is 5.94. The SMILES string of the molecule is Cc1cc(C)c2c(N)c(C(=O)N3c4ccccc4Sc4ccccc43)sc2n1. The van der Waals surface area contributed by atoms with Crippen molar-refractivity contribution in [1.29, 1.82) is 0 Å². The minimum Gasteiger partial charge on any atom is -0.397 e. The smallest absolute Gasteiger partial charge is 0.275 e. The first-order valence-electron chi connectivity index (χ1n) is 8.91. The van der Waals surface area contributed by atoms with Gasteiger partial charge in [-0.3, -0.25) is 9.69 Å². The monoisotopic (exact) mass is 403 g/mol. The van der Waals surface area contributed by atoms with E-state index in [1.807, 2.05) is 68.4 Å². The minimum absolute atomic E-state index is 0.113. The normalized spacial score (nSPS) is 12.7. The van der Waals surface area contributed by atoms with Crippen LogP contribution < -0.4 is 10.6 Å². The summed E-state index contributed by atoms with van der Waals surface area (Å²) in [6.07, 6.45) is 0. The van der Waals surface area contributed by atoms with E-state index in [0.29, 0.717) is 10.6 Å². The molecule has 4 nitrogen and oxygen atoms in total. The highest BCUT2D eigenvalue weighted by Gasteiger charge is 2.31. The lowest BCUT2D eigenvalue weighted by Gasteiger charge is -2.30. The van der Waals surface area contributed by atoms with Gasteiger partial charge in [0, 0.05) is 20.9 Å². The molecule has 0 fully saturated rings. The zero-order chi connectivity index (χ0) is 19.4. The number of nitrogen functional groups attached to an aromatic ring is 1. The van der Waals surface area contributed by atoms with Crippen LogP contribution in [0.3, 0.4) is 0 Å². The van der Waals surface area contributed by atoms with Crippen LogP contribution in [0.25, 0.3) is 10.2 Å². The number of benzene rings is 2. The largest absolute Gasteiger partial charge is 0.397 e. The van der Waals surface area contributed by atoms with Crippen LogP contribution in [0.1, 0.15) is 20.9 Å². The molecular weight excluding hydrogens is 386 g/mol. The Balaban J connectivity index is 1.72. The van der Waals surface area contributed by atoms with Crippen LogP contribution in [0.2, 0.25) is 0 Å². The molecule has 0 aliphatic carbocycles. The Labute approximate surface area is 171 Å². The molecule has 1 amide bonds. The molecule has 0 spiro atoms. The van der Waals surface area contributed by atoms with Gasteiger partial charge in [-0.25, -0.2) is 4.98 Å². The number of anilines is 3. The highest BCUT2D eigenvalue weighted by molar-refractivity contribution is 7.99. The molecule has 1 aliphatic rings. The summed E-state index contributed by atoms with van der Waals surface area (Å²) in [5.74, 6) is -0.113. The number of hydrogen-bond acceptors (Lipinski definition) is 5. The average Bonchev–Trinajstić information content (AvgIpc) is 3.02. The molecular formula is C22H17N3OS2. The number of hydrogen-bond donors (Lipinski definition) is 1. The van der Waals surface area contributed by atoms with E-state index in [1.54, 1.807) is 16.7 Å². The highest BCUT2D eigenvalue weighted by atomic mass is 32.2. The summed E-state index contributed by atoms with van der Waals surface area (Å²) >= 11 is 3.05. The fourth-order valence-corrected chi connectivity index (χ4v) is 5.86. The molecule has 3 heterocycles. The molecule has 2 aromatic carbocycles. The number of aryl methyl sites for hydroxylation is 2. The molecule has 4 aromatic rings. The molecule has 0 unspecified atom stereocenters. The van der Waals surface area contributed by atoms with Crippen molar-refractivity contribution in [1.82, 2.24) is 4.98 Å². The van der Waals surface area contributed by atoms with Crippen molar-refractivity contribution in [3.8, 4) is 0 Å². The third kappa shape index (κ3) is 2.52. The molecule has 138 valence electrons. The number of pyridine rings is 1. The van der Waals surface area contributed by atoms with Gasteiger partial charge >= 0.3 is 0 Å². The maximum atomic E-state index is 13.7. The van der Waals surface area contributed by atoms with E-state index in [9.17, 15) is 4.79 Å². The lowest BCUT2D eigenvalue weighted by molar-refractivity contribution is 0.100. The van der Waals surface area contributed by atoms with Crippen LogP contribution >= 0.6 is 23.1 Å². The Morgan fingerprint density at radius 2 is 1.61 bits per heavy atom.